The van der Waals surface area contributed by atoms with E-state index in [1.165, 1.54) is 31.6 Å². The summed E-state index contributed by atoms with van der Waals surface area (Å²) in [7, 11) is 0. The van der Waals surface area contributed by atoms with Crippen molar-refractivity contribution in [3.05, 3.63) is 45.5 Å². The van der Waals surface area contributed by atoms with Gasteiger partial charge in [-0.15, -0.1) is 0 Å². The van der Waals surface area contributed by atoms with Crippen molar-refractivity contribution in [1.29, 1.82) is 0 Å². The lowest BCUT2D eigenvalue weighted by Crippen LogP contribution is -2.38. The van der Waals surface area contributed by atoms with E-state index < -0.39 is 16.4 Å². The Kier molecular flexibility index (Phi) is 6.19. The summed E-state index contributed by atoms with van der Waals surface area (Å²) < 4.78 is 6.17. The minimum Gasteiger partial charge on any atom is -0.487 e. The molecular formula is C21H27NO5. The van der Waals surface area contributed by atoms with Gasteiger partial charge in [0.2, 0.25) is 0 Å². The fourth-order valence-electron chi connectivity index (χ4n) is 3.88. The highest BCUT2D eigenvalue weighted by Crippen LogP contribution is 2.43. The van der Waals surface area contributed by atoms with Gasteiger partial charge < -0.3 is 4.74 Å². The second-order valence-electron chi connectivity index (χ2n) is 7.83. The summed E-state index contributed by atoms with van der Waals surface area (Å²) in [5, 5.41) is 10.8. The summed E-state index contributed by atoms with van der Waals surface area (Å²) in [6, 6.07) is 6.03. The molecule has 6 heteroatoms. The molecule has 0 heterocycles. The Hall–Kier alpha value is -2.50. The van der Waals surface area contributed by atoms with Crippen molar-refractivity contribution in [2.45, 2.75) is 59.5 Å². The van der Waals surface area contributed by atoms with Crippen LogP contribution in [0.2, 0.25) is 0 Å². The molecule has 27 heavy (non-hydrogen) atoms. The number of allylic oxidation sites excluding steroid dienone is 1. The predicted octanol–water partition coefficient (Wildman–Crippen LogP) is 4.66. The summed E-state index contributed by atoms with van der Waals surface area (Å²) in [5.74, 6) is -0.186. The number of ketones is 2. The van der Waals surface area contributed by atoms with E-state index >= 15 is 0 Å². The maximum atomic E-state index is 11.9. The number of nitro benzene ring substituents is 1. The third-order valence-electron chi connectivity index (χ3n) is 5.45. The van der Waals surface area contributed by atoms with Crippen LogP contribution in [0.5, 0.6) is 5.75 Å². The van der Waals surface area contributed by atoms with Crippen LogP contribution in [0, 0.1) is 22.0 Å². The fourth-order valence-corrected chi connectivity index (χ4v) is 3.88. The second kappa shape index (κ2) is 8.03. The number of nitro groups is 1. The molecule has 1 aromatic carbocycles. The molecule has 146 valence electrons. The van der Waals surface area contributed by atoms with Gasteiger partial charge in [-0.25, -0.2) is 0 Å². The van der Waals surface area contributed by atoms with E-state index in [2.05, 4.69) is 6.92 Å². The second-order valence-corrected chi connectivity index (χ2v) is 7.83. The largest absolute Gasteiger partial charge is 0.487 e. The molecular weight excluding hydrogens is 346 g/mol. The first-order valence-electron chi connectivity index (χ1n) is 9.15. The number of hydrogen-bond acceptors (Lipinski definition) is 5. The highest BCUT2D eigenvalue weighted by molar-refractivity contribution is 6.00. The van der Waals surface area contributed by atoms with E-state index in [4.69, 9.17) is 4.74 Å². The Balaban J connectivity index is 2.21. The molecule has 0 amide bonds. The smallest absolute Gasteiger partial charge is 0.269 e. The van der Waals surface area contributed by atoms with Gasteiger partial charge >= 0.3 is 0 Å². The molecule has 1 aliphatic carbocycles. The molecule has 1 aromatic rings. The molecule has 2 rings (SSSR count). The standard InChI is InChI=1S/C21H27NO5/c1-13-6-11-20(18(13)12-19(14(2)23)15(3)24)21(4,5)27-17-9-7-16(8-10-17)22(25)26/h7-10,19-20H,6,11-12H2,1-5H3. The van der Waals surface area contributed by atoms with Crippen molar-refractivity contribution in [3.63, 3.8) is 0 Å². The number of hydrogen-bond donors (Lipinski definition) is 0. The number of non-ortho nitro benzene ring substituents is 1. The van der Waals surface area contributed by atoms with Crippen molar-refractivity contribution in [2.24, 2.45) is 11.8 Å². The van der Waals surface area contributed by atoms with Crippen LogP contribution in [-0.4, -0.2) is 22.1 Å². The zero-order chi connectivity index (χ0) is 20.4. The third kappa shape index (κ3) is 4.81. The van der Waals surface area contributed by atoms with Crippen molar-refractivity contribution in [3.8, 4) is 5.75 Å². The topological polar surface area (TPSA) is 86.5 Å². The molecule has 0 aromatic heterocycles. The van der Waals surface area contributed by atoms with E-state index in [9.17, 15) is 19.7 Å². The average Bonchev–Trinajstić information content (AvgIpc) is 2.93. The number of Topliss-reactive ketones (excluding diaryl/α,β-unsaturated/α-hetero) is 2. The van der Waals surface area contributed by atoms with Crippen LogP contribution < -0.4 is 4.74 Å². The lowest BCUT2D eigenvalue weighted by molar-refractivity contribution is -0.384. The van der Waals surface area contributed by atoms with E-state index in [0.717, 1.165) is 18.4 Å². The third-order valence-corrected chi connectivity index (χ3v) is 5.45. The van der Waals surface area contributed by atoms with Crippen molar-refractivity contribution >= 4 is 17.3 Å². The van der Waals surface area contributed by atoms with Crippen LogP contribution in [0.4, 0.5) is 5.69 Å². The normalized spacial score (nSPS) is 17.3. The Morgan fingerprint density at radius 3 is 2.26 bits per heavy atom. The summed E-state index contributed by atoms with van der Waals surface area (Å²) in [4.78, 5) is 34.1. The van der Waals surface area contributed by atoms with Crippen LogP contribution in [-0.2, 0) is 9.59 Å². The zero-order valence-corrected chi connectivity index (χ0v) is 16.6. The first-order valence-corrected chi connectivity index (χ1v) is 9.15. The fraction of sp³-hybridized carbons (Fsp3) is 0.524. The molecule has 0 fully saturated rings. The molecule has 0 radical (unpaired) electrons. The number of nitrogens with zero attached hydrogens (tertiary/aromatic N) is 1. The Morgan fingerprint density at radius 1 is 1.22 bits per heavy atom. The van der Waals surface area contributed by atoms with Gasteiger partial charge in [0.1, 0.15) is 22.9 Å². The van der Waals surface area contributed by atoms with Crippen LogP contribution >= 0.6 is 0 Å². The summed E-state index contributed by atoms with van der Waals surface area (Å²) >= 11 is 0. The summed E-state index contributed by atoms with van der Waals surface area (Å²) in [6.07, 6.45) is 2.24. The van der Waals surface area contributed by atoms with Crippen molar-refractivity contribution < 1.29 is 19.2 Å². The molecule has 6 nitrogen and oxygen atoms in total. The van der Waals surface area contributed by atoms with Gasteiger partial charge in [0.25, 0.3) is 5.69 Å². The van der Waals surface area contributed by atoms with Crippen molar-refractivity contribution in [1.82, 2.24) is 0 Å². The number of carbonyl (C=O) groups excluding carboxylic acids is 2. The van der Waals surface area contributed by atoms with Crippen LogP contribution in [0.15, 0.2) is 35.4 Å². The average molecular weight is 373 g/mol. The van der Waals surface area contributed by atoms with Crippen LogP contribution in [0.3, 0.4) is 0 Å². The molecule has 0 aliphatic heterocycles. The minimum atomic E-state index is -0.606. The van der Waals surface area contributed by atoms with Gasteiger partial charge in [-0.05, 0) is 66.0 Å². The minimum absolute atomic E-state index is 0.0169. The first-order chi connectivity index (χ1) is 12.5. The number of benzene rings is 1. The van der Waals surface area contributed by atoms with Crippen LogP contribution in [0.1, 0.15) is 53.9 Å². The van der Waals surface area contributed by atoms with Gasteiger partial charge in [-0.2, -0.15) is 0 Å². The lowest BCUT2D eigenvalue weighted by atomic mass is 9.79. The SMILES string of the molecule is CC(=O)C(CC1=C(C)CCC1C(C)(C)Oc1ccc([N+](=O)[O-])cc1)C(C)=O. The molecule has 0 N–H and O–H groups in total. The van der Waals surface area contributed by atoms with Gasteiger partial charge in [0.05, 0.1) is 10.8 Å². The Bertz CT molecular complexity index is 762. The van der Waals surface area contributed by atoms with Gasteiger partial charge in [-0.3, -0.25) is 19.7 Å². The van der Waals surface area contributed by atoms with E-state index in [1.807, 2.05) is 13.8 Å². The monoisotopic (exact) mass is 373 g/mol. The zero-order valence-electron chi connectivity index (χ0n) is 16.6. The van der Waals surface area contributed by atoms with Gasteiger partial charge in [0.15, 0.2) is 0 Å². The molecule has 1 aliphatic rings. The molecule has 0 spiro atoms. The molecule has 0 bridgehead atoms. The Morgan fingerprint density at radius 2 is 1.78 bits per heavy atom. The molecule has 1 atom stereocenters. The first kappa shape index (κ1) is 20.8. The quantitative estimate of drug-likeness (QED) is 0.286. The maximum absolute atomic E-state index is 11.9. The highest BCUT2D eigenvalue weighted by atomic mass is 16.6. The number of carbonyl (C=O) groups is 2. The molecule has 0 saturated heterocycles. The lowest BCUT2D eigenvalue weighted by Gasteiger charge is -2.35. The van der Waals surface area contributed by atoms with Crippen LogP contribution in [0.25, 0.3) is 0 Å². The number of ether oxygens (including phenoxy) is 1. The maximum Gasteiger partial charge on any atom is 0.269 e. The Labute approximate surface area is 159 Å². The van der Waals surface area contributed by atoms with E-state index in [-0.39, 0.29) is 23.2 Å². The van der Waals surface area contributed by atoms with E-state index in [0.29, 0.717) is 12.2 Å². The van der Waals surface area contributed by atoms with Gasteiger partial charge in [-0.1, -0.05) is 11.1 Å². The predicted molar refractivity (Wildman–Crippen MR) is 103 cm³/mol. The molecule has 1 unspecified atom stereocenters. The highest BCUT2D eigenvalue weighted by Gasteiger charge is 2.39. The molecule has 0 saturated carbocycles. The number of rotatable bonds is 8. The summed E-state index contributed by atoms with van der Waals surface area (Å²) in [5.41, 5.74) is 1.79. The van der Waals surface area contributed by atoms with Crippen molar-refractivity contribution in [2.75, 3.05) is 0 Å². The summed E-state index contributed by atoms with van der Waals surface area (Å²) in [6.45, 7) is 8.94. The van der Waals surface area contributed by atoms with Gasteiger partial charge in [0, 0.05) is 18.1 Å². The van der Waals surface area contributed by atoms with E-state index in [1.54, 1.807) is 12.1 Å².